The van der Waals surface area contributed by atoms with E-state index in [9.17, 15) is 13.2 Å². The number of benzene rings is 2. The molecule has 0 unspecified atom stereocenters. The fraction of sp³-hybridized carbons (Fsp3) is 0.158. The van der Waals surface area contributed by atoms with Crippen molar-refractivity contribution in [3.8, 4) is 0 Å². The van der Waals surface area contributed by atoms with Gasteiger partial charge in [-0.2, -0.15) is 0 Å². The van der Waals surface area contributed by atoms with Gasteiger partial charge in [-0.05, 0) is 42.5 Å². The molecule has 0 aliphatic rings. The molecule has 1 N–H and O–H groups in total. The van der Waals surface area contributed by atoms with Crippen molar-refractivity contribution in [3.63, 3.8) is 0 Å². The number of hydrogen-bond acceptors (Lipinski definition) is 5. The molecule has 0 spiro atoms. The lowest BCUT2D eigenvalue weighted by atomic mass is 10.2. The van der Waals surface area contributed by atoms with Crippen molar-refractivity contribution in [2.45, 2.75) is 14.9 Å². The first-order valence-electron chi connectivity index (χ1n) is 8.47. The molecule has 0 aliphatic carbocycles. The van der Waals surface area contributed by atoms with Crippen LogP contribution in [0, 0.1) is 0 Å². The van der Waals surface area contributed by atoms with E-state index in [0.717, 1.165) is 14.4 Å². The maximum absolute atomic E-state index is 12.6. The molecule has 3 aromatic rings. The van der Waals surface area contributed by atoms with Gasteiger partial charge in [0.05, 0.1) is 15.5 Å². The third kappa shape index (κ3) is 4.81. The van der Waals surface area contributed by atoms with Gasteiger partial charge in [0, 0.05) is 44.1 Å². The number of nitrogens with one attached hydrogen (secondary N) is 1. The second-order valence-corrected chi connectivity index (χ2v) is 9.93. The normalized spacial score (nSPS) is 11.6. The Morgan fingerprint density at radius 1 is 1.17 bits per heavy atom. The summed E-state index contributed by atoms with van der Waals surface area (Å²) in [5.41, 5.74) is 0.650. The lowest BCUT2D eigenvalue weighted by Gasteiger charge is -2.13. The number of carbonyl (C=O) groups is 1. The van der Waals surface area contributed by atoms with Crippen LogP contribution < -0.4 is 5.32 Å². The number of rotatable bonds is 6. The summed E-state index contributed by atoms with van der Waals surface area (Å²) in [6.45, 7) is 0. The zero-order chi connectivity index (χ0) is 21.2. The lowest BCUT2D eigenvalue weighted by molar-refractivity contribution is 0.102. The number of aryl methyl sites for hydroxylation is 1. The monoisotopic (exact) mass is 450 g/mol. The summed E-state index contributed by atoms with van der Waals surface area (Å²) in [7, 11) is 1.09. The highest BCUT2D eigenvalue weighted by Gasteiger charge is 2.21. The predicted octanol–water partition coefficient (Wildman–Crippen LogP) is 3.73. The molecule has 0 atom stereocenters. The Morgan fingerprint density at radius 3 is 2.45 bits per heavy atom. The standard InChI is InChI=1S/C19H19ClN4O3S2/c1-23(2)29(26,27)15-8-9-17(20)16(12-15)18(25)22-13-4-6-14(7-5-13)28-19-21-10-11-24(19)3/h4-12H,1-3H3,(H,22,25). The molecule has 1 heterocycles. The number of nitrogens with zero attached hydrogens (tertiary/aromatic N) is 3. The topological polar surface area (TPSA) is 84.3 Å². The number of halogens is 1. The zero-order valence-corrected chi connectivity index (χ0v) is 18.3. The smallest absolute Gasteiger partial charge is 0.257 e. The predicted molar refractivity (Wildman–Crippen MR) is 114 cm³/mol. The first kappa shape index (κ1) is 21.4. The molecule has 0 aliphatic heterocycles. The van der Waals surface area contributed by atoms with Crippen LogP contribution in [-0.2, 0) is 17.1 Å². The van der Waals surface area contributed by atoms with Gasteiger partial charge < -0.3 is 9.88 Å². The van der Waals surface area contributed by atoms with E-state index in [0.29, 0.717) is 5.69 Å². The number of hydrogen-bond donors (Lipinski definition) is 1. The minimum Gasteiger partial charge on any atom is -0.329 e. The van der Waals surface area contributed by atoms with Crippen LogP contribution in [0.3, 0.4) is 0 Å². The van der Waals surface area contributed by atoms with Gasteiger partial charge in [-0.1, -0.05) is 23.4 Å². The average Bonchev–Trinajstić information content (AvgIpc) is 3.08. The van der Waals surface area contributed by atoms with E-state index in [1.807, 2.05) is 29.9 Å². The average molecular weight is 451 g/mol. The Hall–Kier alpha value is -2.33. The molecule has 2 aromatic carbocycles. The Kier molecular flexibility index (Phi) is 6.33. The Balaban J connectivity index is 1.77. The minimum atomic E-state index is -3.67. The SMILES string of the molecule is CN(C)S(=O)(=O)c1ccc(Cl)c(C(=O)Nc2ccc(Sc3nccn3C)cc2)c1. The van der Waals surface area contributed by atoms with E-state index >= 15 is 0 Å². The Labute approximate surface area is 178 Å². The van der Waals surface area contributed by atoms with Crippen molar-refractivity contribution >= 4 is 45.0 Å². The largest absolute Gasteiger partial charge is 0.329 e. The van der Waals surface area contributed by atoms with Gasteiger partial charge in [0.15, 0.2) is 5.16 Å². The molecule has 10 heteroatoms. The zero-order valence-electron chi connectivity index (χ0n) is 16.0. The second kappa shape index (κ2) is 8.58. The molecular weight excluding hydrogens is 432 g/mol. The summed E-state index contributed by atoms with van der Waals surface area (Å²) < 4.78 is 27.6. The highest BCUT2D eigenvalue weighted by Crippen LogP contribution is 2.27. The quantitative estimate of drug-likeness (QED) is 0.618. The number of carbonyl (C=O) groups excluding carboxylic acids is 1. The Morgan fingerprint density at radius 2 is 1.86 bits per heavy atom. The van der Waals surface area contributed by atoms with Crippen LogP contribution in [0.15, 0.2) is 69.8 Å². The maximum atomic E-state index is 12.6. The van der Waals surface area contributed by atoms with Crippen molar-refractivity contribution in [2.24, 2.45) is 7.05 Å². The molecular formula is C19H19ClN4O3S2. The van der Waals surface area contributed by atoms with Crippen LogP contribution in [0.5, 0.6) is 0 Å². The van der Waals surface area contributed by atoms with Crippen molar-refractivity contribution < 1.29 is 13.2 Å². The number of sulfonamides is 1. The third-order valence-corrected chi connectivity index (χ3v) is 7.28. The molecule has 29 heavy (non-hydrogen) atoms. The van der Waals surface area contributed by atoms with E-state index in [1.165, 1.54) is 44.1 Å². The van der Waals surface area contributed by atoms with E-state index in [4.69, 9.17) is 11.6 Å². The van der Waals surface area contributed by atoms with Gasteiger partial charge in [-0.15, -0.1) is 0 Å². The molecule has 152 valence electrons. The highest BCUT2D eigenvalue weighted by molar-refractivity contribution is 7.99. The molecule has 0 saturated carbocycles. The number of imidazole rings is 1. The molecule has 1 aromatic heterocycles. The van der Waals surface area contributed by atoms with Crippen molar-refractivity contribution in [3.05, 3.63) is 65.4 Å². The van der Waals surface area contributed by atoms with Crippen molar-refractivity contribution in [1.82, 2.24) is 13.9 Å². The van der Waals surface area contributed by atoms with Gasteiger partial charge >= 0.3 is 0 Å². The summed E-state index contributed by atoms with van der Waals surface area (Å²) in [5, 5.41) is 3.77. The van der Waals surface area contributed by atoms with E-state index < -0.39 is 15.9 Å². The van der Waals surface area contributed by atoms with Crippen LogP contribution in [0.25, 0.3) is 0 Å². The summed E-state index contributed by atoms with van der Waals surface area (Å²) in [6.07, 6.45) is 3.59. The van der Waals surface area contributed by atoms with Crippen LogP contribution in [0.1, 0.15) is 10.4 Å². The van der Waals surface area contributed by atoms with Crippen LogP contribution >= 0.6 is 23.4 Å². The van der Waals surface area contributed by atoms with E-state index in [-0.39, 0.29) is 15.5 Å². The van der Waals surface area contributed by atoms with Crippen molar-refractivity contribution in [1.29, 1.82) is 0 Å². The van der Waals surface area contributed by atoms with Gasteiger partial charge in [0.25, 0.3) is 5.91 Å². The molecule has 7 nitrogen and oxygen atoms in total. The first-order valence-corrected chi connectivity index (χ1v) is 11.1. The fourth-order valence-corrected chi connectivity index (χ4v) is 4.34. The lowest BCUT2D eigenvalue weighted by Crippen LogP contribution is -2.23. The van der Waals surface area contributed by atoms with Crippen LogP contribution in [-0.4, -0.2) is 42.3 Å². The van der Waals surface area contributed by atoms with Gasteiger partial charge in [0.1, 0.15) is 0 Å². The third-order valence-electron chi connectivity index (χ3n) is 4.06. The fourth-order valence-electron chi connectivity index (χ4n) is 2.41. The van der Waals surface area contributed by atoms with E-state index in [2.05, 4.69) is 10.3 Å². The molecule has 0 saturated heterocycles. The number of anilines is 1. The summed E-state index contributed by atoms with van der Waals surface area (Å²) >= 11 is 7.63. The second-order valence-electron chi connectivity index (χ2n) is 6.33. The maximum Gasteiger partial charge on any atom is 0.257 e. The number of amides is 1. The minimum absolute atomic E-state index is 0.00105. The van der Waals surface area contributed by atoms with Gasteiger partial charge in [-0.25, -0.2) is 17.7 Å². The highest BCUT2D eigenvalue weighted by atomic mass is 35.5. The summed E-state index contributed by atoms with van der Waals surface area (Å²) in [5.74, 6) is -0.490. The first-order chi connectivity index (χ1) is 13.7. The number of aromatic nitrogens is 2. The van der Waals surface area contributed by atoms with Crippen LogP contribution in [0.2, 0.25) is 5.02 Å². The Bertz CT molecular complexity index is 1140. The van der Waals surface area contributed by atoms with Crippen molar-refractivity contribution in [2.75, 3.05) is 19.4 Å². The molecule has 0 fully saturated rings. The summed E-state index contributed by atoms with van der Waals surface area (Å²) in [4.78, 5) is 17.9. The van der Waals surface area contributed by atoms with E-state index in [1.54, 1.807) is 18.3 Å². The van der Waals surface area contributed by atoms with Gasteiger partial charge in [-0.3, -0.25) is 4.79 Å². The molecule has 0 bridgehead atoms. The molecule has 0 radical (unpaired) electrons. The van der Waals surface area contributed by atoms with Gasteiger partial charge in [0.2, 0.25) is 10.0 Å². The van der Waals surface area contributed by atoms with Crippen LogP contribution in [0.4, 0.5) is 5.69 Å². The molecule has 1 amide bonds. The molecule has 3 rings (SSSR count). The summed E-state index contributed by atoms with van der Waals surface area (Å²) in [6, 6.07) is 11.3.